The summed E-state index contributed by atoms with van der Waals surface area (Å²) >= 11 is 0. The third-order valence-corrected chi connectivity index (χ3v) is 3.04. The van der Waals surface area contributed by atoms with Crippen molar-refractivity contribution in [3.8, 4) is 11.5 Å². The Morgan fingerprint density at radius 1 is 1.00 bits per heavy atom. The first kappa shape index (κ1) is 15.8. The summed E-state index contributed by atoms with van der Waals surface area (Å²) in [6, 6.07) is 16.7. The number of hydrogen-bond donors (Lipinski definition) is 0. The molecule has 0 radical (unpaired) electrons. The van der Waals surface area contributed by atoms with Crippen molar-refractivity contribution in [2.45, 2.75) is 6.54 Å². The molecule has 0 spiro atoms. The molecular formula is C17H15ClN2O2. The molecule has 3 rings (SSSR count). The number of imidazole rings is 1. The van der Waals surface area contributed by atoms with Crippen LogP contribution in [0.1, 0.15) is 10.4 Å². The lowest BCUT2D eigenvalue weighted by Crippen LogP contribution is -2.08. The predicted octanol–water partition coefficient (Wildman–Crippen LogP) is 3.98. The zero-order valence-corrected chi connectivity index (χ0v) is 12.6. The zero-order chi connectivity index (χ0) is 14.5. The molecular weight excluding hydrogens is 300 g/mol. The number of ether oxygens (including phenoxy) is 1. The molecule has 0 bridgehead atoms. The first-order valence-corrected chi connectivity index (χ1v) is 6.63. The smallest absolute Gasteiger partial charge is 0.182 e. The quantitative estimate of drug-likeness (QED) is 0.669. The van der Waals surface area contributed by atoms with E-state index in [4.69, 9.17) is 4.74 Å². The minimum atomic E-state index is 0. The highest BCUT2D eigenvalue weighted by molar-refractivity contribution is 5.96. The molecule has 0 aliphatic heterocycles. The van der Waals surface area contributed by atoms with Crippen LogP contribution in [-0.4, -0.2) is 15.3 Å². The third kappa shape index (κ3) is 3.96. The second kappa shape index (κ2) is 7.43. The van der Waals surface area contributed by atoms with Crippen molar-refractivity contribution in [3.63, 3.8) is 0 Å². The summed E-state index contributed by atoms with van der Waals surface area (Å²) in [5.74, 6) is 1.52. The van der Waals surface area contributed by atoms with Gasteiger partial charge in [0, 0.05) is 18.0 Å². The van der Waals surface area contributed by atoms with Crippen LogP contribution in [0.4, 0.5) is 0 Å². The lowest BCUT2D eigenvalue weighted by molar-refractivity contribution is 0.0972. The number of ketones is 1. The van der Waals surface area contributed by atoms with Gasteiger partial charge in [-0.05, 0) is 36.4 Å². The molecule has 1 aromatic heterocycles. The monoisotopic (exact) mass is 314 g/mol. The highest BCUT2D eigenvalue weighted by Gasteiger charge is 2.07. The normalized spacial score (nSPS) is 9.82. The van der Waals surface area contributed by atoms with E-state index in [9.17, 15) is 4.79 Å². The average Bonchev–Trinajstić information content (AvgIpc) is 3.02. The van der Waals surface area contributed by atoms with Crippen LogP contribution in [0.5, 0.6) is 11.5 Å². The molecule has 4 nitrogen and oxygen atoms in total. The van der Waals surface area contributed by atoms with E-state index in [1.165, 1.54) is 0 Å². The van der Waals surface area contributed by atoms with Crippen molar-refractivity contribution in [1.82, 2.24) is 9.55 Å². The van der Waals surface area contributed by atoms with Crippen molar-refractivity contribution in [1.29, 1.82) is 0 Å². The number of aromatic nitrogens is 2. The van der Waals surface area contributed by atoms with E-state index in [0.717, 1.165) is 5.75 Å². The highest BCUT2D eigenvalue weighted by atomic mass is 35.5. The third-order valence-electron chi connectivity index (χ3n) is 3.04. The van der Waals surface area contributed by atoms with Crippen LogP contribution in [0.25, 0.3) is 0 Å². The molecule has 2 aromatic carbocycles. The molecule has 22 heavy (non-hydrogen) atoms. The molecule has 5 heteroatoms. The fourth-order valence-corrected chi connectivity index (χ4v) is 1.97. The van der Waals surface area contributed by atoms with Crippen LogP contribution in [0, 0.1) is 0 Å². The minimum Gasteiger partial charge on any atom is -0.457 e. The number of benzene rings is 2. The summed E-state index contributed by atoms with van der Waals surface area (Å²) in [6.45, 7) is 0.291. The van der Waals surface area contributed by atoms with Crippen LogP contribution in [0.15, 0.2) is 73.3 Å². The number of carbonyl (C=O) groups is 1. The van der Waals surface area contributed by atoms with Gasteiger partial charge in [-0.1, -0.05) is 18.2 Å². The predicted molar refractivity (Wildman–Crippen MR) is 86.8 cm³/mol. The Morgan fingerprint density at radius 2 is 1.68 bits per heavy atom. The van der Waals surface area contributed by atoms with E-state index in [1.807, 2.05) is 30.3 Å². The first-order chi connectivity index (χ1) is 10.3. The van der Waals surface area contributed by atoms with Crippen LogP contribution in [0.3, 0.4) is 0 Å². The Morgan fingerprint density at radius 3 is 2.32 bits per heavy atom. The van der Waals surface area contributed by atoms with E-state index in [2.05, 4.69) is 4.98 Å². The maximum absolute atomic E-state index is 12.1. The summed E-state index contributed by atoms with van der Waals surface area (Å²) in [5, 5.41) is 0. The van der Waals surface area contributed by atoms with Gasteiger partial charge in [-0.15, -0.1) is 12.4 Å². The van der Waals surface area contributed by atoms with E-state index >= 15 is 0 Å². The molecule has 0 fully saturated rings. The Bertz CT molecular complexity index is 710. The number of rotatable bonds is 5. The number of halogens is 1. The summed E-state index contributed by atoms with van der Waals surface area (Å²) in [6.07, 6.45) is 5.06. The average molecular weight is 315 g/mol. The van der Waals surface area contributed by atoms with E-state index in [0.29, 0.717) is 17.9 Å². The summed E-state index contributed by atoms with van der Waals surface area (Å²) in [7, 11) is 0. The molecule has 0 N–H and O–H groups in total. The van der Waals surface area contributed by atoms with E-state index in [1.54, 1.807) is 47.6 Å². The van der Waals surface area contributed by atoms with E-state index in [-0.39, 0.29) is 18.2 Å². The van der Waals surface area contributed by atoms with Gasteiger partial charge >= 0.3 is 0 Å². The fraction of sp³-hybridized carbons (Fsp3) is 0.0588. The molecule has 0 aliphatic carbocycles. The standard InChI is InChI=1S/C17H14N2O2.ClH/c20-17(12-19-11-10-18-13-19)14-6-8-16(9-7-14)21-15-4-2-1-3-5-15;/h1-11,13H,12H2;1H. The largest absolute Gasteiger partial charge is 0.457 e. The number of para-hydroxylation sites is 1. The van der Waals surface area contributed by atoms with Gasteiger partial charge in [-0.3, -0.25) is 4.79 Å². The molecule has 0 atom stereocenters. The number of carbonyl (C=O) groups excluding carboxylic acids is 1. The zero-order valence-electron chi connectivity index (χ0n) is 11.8. The van der Waals surface area contributed by atoms with Crippen molar-refractivity contribution in [2.75, 3.05) is 0 Å². The van der Waals surface area contributed by atoms with Gasteiger partial charge in [0.25, 0.3) is 0 Å². The van der Waals surface area contributed by atoms with Crippen molar-refractivity contribution >= 4 is 18.2 Å². The van der Waals surface area contributed by atoms with Gasteiger partial charge in [-0.2, -0.15) is 0 Å². The van der Waals surface area contributed by atoms with Crippen LogP contribution < -0.4 is 4.74 Å². The molecule has 0 amide bonds. The van der Waals surface area contributed by atoms with Gasteiger partial charge in [0.15, 0.2) is 5.78 Å². The fourth-order valence-electron chi connectivity index (χ4n) is 1.97. The molecule has 0 saturated carbocycles. The summed E-state index contributed by atoms with van der Waals surface area (Å²) < 4.78 is 7.44. The summed E-state index contributed by atoms with van der Waals surface area (Å²) in [5.41, 5.74) is 0.657. The second-order valence-electron chi connectivity index (χ2n) is 4.60. The maximum atomic E-state index is 12.1. The van der Waals surface area contributed by atoms with E-state index < -0.39 is 0 Å². The van der Waals surface area contributed by atoms with Gasteiger partial charge in [-0.25, -0.2) is 4.98 Å². The lowest BCUT2D eigenvalue weighted by Gasteiger charge is -2.06. The molecule has 112 valence electrons. The van der Waals surface area contributed by atoms with Gasteiger partial charge in [0.05, 0.1) is 12.9 Å². The maximum Gasteiger partial charge on any atom is 0.182 e. The summed E-state index contributed by atoms with van der Waals surface area (Å²) in [4.78, 5) is 16.0. The minimum absolute atomic E-state index is 0. The van der Waals surface area contributed by atoms with Crippen LogP contribution in [-0.2, 0) is 6.54 Å². The van der Waals surface area contributed by atoms with Crippen molar-refractivity contribution < 1.29 is 9.53 Å². The van der Waals surface area contributed by atoms with Gasteiger partial charge in [0.2, 0.25) is 0 Å². The molecule has 3 aromatic rings. The van der Waals surface area contributed by atoms with Crippen LogP contribution >= 0.6 is 12.4 Å². The highest BCUT2D eigenvalue weighted by Crippen LogP contribution is 2.21. The second-order valence-corrected chi connectivity index (χ2v) is 4.60. The first-order valence-electron chi connectivity index (χ1n) is 6.63. The molecule has 0 unspecified atom stereocenters. The Labute approximate surface area is 134 Å². The SMILES string of the molecule is Cl.O=C(Cn1ccnc1)c1ccc(Oc2ccccc2)cc1. The Kier molecular flexibility index (Phi) is 5.33. The molecule has 1 heterocycles. The Balaban J connectivity index is 0.00000176. The molecule has 0 aliphatic rings. The van der Waals surface area contributed by atoms with Crippen LogP contribution in [0.2, 0.25) is 0 Å². The van der Waals surface area contributed by atoms with Gasteiger partial charge in [0.1, 0.15) is 11.5 Å². The molecule has 0 saturated heterocycles. The number of Topliss-reactive ketones (excluding diaryl/α,β-unsaturated/α-hetero) is 1. The number of hydrogen-bond acceptors (Lipinski definition) is 3. The van der Waals surface area contributed by atoms with Crippen molar-refractivity contribution in [3.05, 3.63) is 78.9 Å². The Hall–Kier alpha value is -2.59. The number of nitrogens with zero attached hydrogens (tertiary/aromatic N) is 2. The lowest BCUT2D eigenvalue weighted by atomic mass is 10.1. The van der Waals surface area contributed by atoms with Gasteiger partial charge < -0.3 is 9.30 Å². The topological polar surface area (TPSA) is 44.1 Å². The van der Waals surface area contributed by atoms with Crippen molar-refractivity contribution in [2.24, 2.45) is 0 Å².